The minimum absolute atomic E-state index is 0.180. The van der Waals surface area contributed by atoms with Crippen molar-refractivity contribution < 1.29 is 23.5 Å². The van der Waals surface area contributed by atoms with Crippen LogP contribution in [0.15, 0.2) is 40.8 Å². The number of carbonyl (C=O) groups is 2. The SMILES string of the molecule is Cc1cc(COc2ccccc2)oc1C(=O)N1CC[C@]2(CN(C)C(=O)O2)C1. The molecule has 0 aliphatic carbocycles. The predicted molar refractivity (Wildman–Crippen MR) is 96.6 cm³/mol. The third-order valence-corrected chi connectivity index (χ3v) is 5.03. The molecule has 0 N–H and O–H groups in total. The van der Waals surface area contributed by atoms with Crippen LogP contribution in [0.25, 0.3) is 0 Å². The number of rotatable bonds is 4. The average Bonchev–Trinajstić information content (AvgIpc) is 3.31. The maximum Gasteiger partial charge on any atom is 0.410 e. The van der Waals surface area contributed by atoms with Crippen molar-refractivity contribution in [3.05, 3.63) is 53.5 Å². The molecule has 3 heterocycles. The molecular weight excluding hydrogens is 348 g/mol. The lowest BCUT2D eigenvalue weighted by Gasteiger charge is -2.21. The number of nitrogens with zero attached hydrogens (tertiary/aromatic N) is 2. The van der Waals surface area contributed by atoms with Crippen molar-refractivity contribution in [3.63, 3.8) is 0 Å². The van der Waals surface area contributed by atoms with E-state index >= 15 is 0 Å². The van der Waals surface area contributed by atoms with Crippen molar-refractivity contribution in [2.75, 3.05) is 26.7 Å². The molecule has 2 aliphatic rings. The normalized spacial score (nSPS) is 21.8. The molecule has 2 fully saturated rings. The van der Waals surface area contributed by atoms with Gasteiger partial charge >= 0.3 is 6.09 Å². The Balaban J connectivity index is 1.42. The monoisotopic (exact) mass is 370 g/mol. The average molecular weight is 370 g/mol. The van der Waals surface area contributed by atoms with Crippen molar-refractivity contribution in [2.45, 2.75) is 25.6 Å². The molecule has 0 unspecified atom stereocenters. The molecule has 0 saturated carbocycles. The van der Waals surface area contributed by atoms with Gasteiger partial charge in [0.15, 0.2) is 11.4 Å². The van der Waals surface area contributed by atoms with E-state index < -0.39 is 5.60 Å². The highest BCUT2D eigenvalue weighted by Crippen LogP contribution is 2.33. The third-order valence-electron chi connectivity index (χ3n) is 5.03. The minimum atomic E-state index is -0.596. The minimum Gasteiger partial charge on any atom is -0.486 e. The highest BCUT2D eigenvalue weighted by atomic mass is 16.6. The summed E-state index contributed by atoms with van der Waals surface area (Å²) < 4.78 is 17.0. The first-order chi connectivity index (χ1) is 13.0. The fourth-order valence-electron chi connectivity index (χ4n) is 3.67. The summed E-state index contributed by atoms with van der Waals surface area (Å²) in [5.41, 5.74) is 0.175. The topological polar surface area (TPSA) is 72.2 Å². The van der Waals surface area contributed by atoms with Crippen LogP contribution >= 0.6 is 0 Å². The van der Waals surface area contributed by atoms with Gasteiger partial charge in [0.25, 0.3) is 5.91 Å². The van der Waals surface area contributed by atoms with Gasteiger partial charge in [-0.25, -0.2) is 4.79 Å². The Labute approximate surface area is 157 Å². The lowest BCUT2D eigenvalue weighted by atomic mass is 10.0. The van der Waals surface area contributed by atoms with Crippen LogP contribution in [-0.2, 0) is 11.3 Å². The van der Waals surface area contributed by atoms with Crippen LogP contribution < -0.4 is 4.74 Å². The number of benzene rings is 1. The molecule has 4 rings (SSSR count). The number of amides is 2. The molecule has 1 aromatic heterocycles. The second kappa shape index (κ2) is 6.64. The molecule has 1 spiro atoms. The third kappa shape index (κ3) is 3.37. The smallest absolute Gasteiger partial charge is 0.410 e. The number of para-hydroxylation sites is 1. The highest BCUT2D eigenvalue weighted by molar-refractivity contribution is 5.93. The van der Waals surface area contributed by atoms with Gasteiger partial charge in [0, 0.05) is 25.6 Å². The van der Waals surface area contributed by atoms with Crippen molar-refractivity contribution in [3.8, 4) is 5.75 Å². The van der Waals surface area contributed by atoms with E-state index in [0.29, 0.717) is 37.6 Å². The molecule has 2 aliphatic heterocycles. The number of carbonyl (C=O) groups excluding carboxylic acids is 2. The molecular formula is C20H22N2O5. The van der Waals surface area contributed by atoms with Crippen molar-refractivity contribution in [1.29, 1.82) is 0 Å². The number of hydrogen-bond donors (Lipinski definition) is 0. The highest BCUT2D eigenvalue weighted by Gasteiger charge is 2.50. The molecule has 2 aromatic rings. The van der Waals surface area contributed by atoms with Crippen LogP contribution in [0.2, 0.25) is 0 Å². The van der Waals surface area contributed by atoms with Crippen LogP contribution in [0.4, 0.5) is 4.79 Å². The van der Waals surface area contributed by atoms with E-state index in [-0.39, 0.29) is 18.6 Å². The largest absolute Gasteiger partial charge is 0.486 e. The van der Waals surface area contributed by atoms with Gasteiger partial charge in [-0.15, -0.1) is 0 Å². The number of likely N-dealkylation sites (tertiary alicyclic amines) is 1. The molecule has 0 radical (unpaired) electrons. The van der Waals surface area contributed by atoms with E-state index in [2.05, 4.69) is 0 Å². The zero-order valence-electron chi connectivity index (χ0n) is 15.4. The molecule has 2 amide bonds. The maximum absolute atomic E-state index is 12.9. The summed E-state index contributed by atoms with van der Waals surface area (Å²) in [6.07, 6.45) is 0.303. The maximum atomic E-state index is 12.9. The summed E-state index contributed by atoms with van der Waals surface area (Å²) in [7, 11) is 1.71. The first-order valence-electron chi connectivity index (χ1n) is 8.96. The Morgan fingerprint density at radius 1 is 1.26 bits per heavy atom. The quantitative estimate of drug-likeness (QED) is 0.828. The van der Waals surface area contributed by atoms with Crippen molar-refractivity contribution >= 4 is 12.0 Å². The van der Waals surface area contributed by atoms with Crippen LogP contribution in [0.5, 0.6) is 5.75 Å². The van der Waals surface area contributed by atoms with E-state index in [0.717, 1.165) is 11.3 Å². The van der Waals surface area contributed by atoms with Gasteiger partial charge in [0.1, 0.15) is 18.1 Å². The first kappa shape index (κ1) is 17.5. The Hall–Kier alpha value is -2.96. The molecule has 142 valence electrons. The van der Waals surface area contributed by atoms with Crippen molar-refractivity contribution in [1.82, 2.24) is 9.80 Å². The van der Waals surface area contributed by atoms with Crippen LogP contribution in [0.3, 0.4) is 0 Å². The molecule has 7 heteroatoms. The molecule has 2 saturated heterocycles. The Bertz CT molecular complexity index is 863. The van der Waals surface area contributed by atoms with E-state index in [1.54, 1.807) is 16.8 Å². The molecule has 0 bridgehead atoms. The van der Waals surface area contributed by atoms with Gasteiger partial charge in [-0.1, -0.05) is 18.2 Å². The number of ether oxygens (including phenoxy) is 2. The second-order valence-corrected chi connectivity index (χ2v) is 7.21. The van der Waals surface area contributed by atoms with E-state index in [4.69, 9.17) is 13.9 Å². The first-order valence-corrected chi connectivity index (χ1v) is 8.96. The summed E-state index contributed by atoms with van der Waals surface area (Å²) >= 11 is 0. The summed E-state index contributed by atoms with van der Waals surface area (Å²) in [5, 5.41) is 0. The van der Waals surface area contributed by atoms with Crippen LogP contribution in [-0.4, -0.2) is 54.1 Å². The molecule has 27 heavy (non-hydrogen) atoms. The fraction of sp³-hybridized carbons (Fsp3) is 0.400. The van der Waals surface area contributed by atoms with Gasteiger partial charge < -0.3 is 23.7 Å². The Morgan fingerprint density at radius 3 is 2.74 bits per heavy atom. The van der Waals surface area contributed by atoms with Gasteiger partial charge in [-0.05, 0) is 25.1 Å². The lowest BCUT2D eigenvalue weighted by molar-refractivity contribution is 0.0537. The van der Waals surface area contributed by atoms with E-state index in [1.165, 1.54) is 0 Å². The Morgan fingerprint density at radius 2 is 2.04 bits per heavy atom. The van der Waals surface area contributed by atoms with Gasteiger partial charge in [0.05, 0.1) is 13.1 Å². The zero-order valence-corrected chi connectivity index (χ0v) is 15.4. The van der Waals surface area contributed by atoms with E-state index in [1.807, 2.05) is 43.3 Å². The lowest BCUT2D eigenvalue weighted by Crippen LogP contribution is -2.39. The van der Waals surface area contributed by atoms with E-state index in [9.17, 15) is 9.59 Å². The van der Waals surface area contributed by atoms with Crippen molar-refractivity contribution in [2.24, 2.45) is 0 Å². The summed E-state index contributed by atoms with van der Waals surface area (Å²) in [5.74, 6) is 1.48. The number of aryl methyl sites for hydroxylation is 1. The second-order valence-electron chi connectivity index (χ2n) is 7.21. The number of likely N-dealkylation sites (N-methyl/N-ethyl adjacent to an activating group) is 1. The molecule has 7 nitrogen and oxygen atoms in total. The summed E-state index contributed by atoms with van der Waals surface area (Å²) in [6, 6.07) is 11.3. The van der Waals surface area contributed by atoms with Crippen LogP contribution in [0.1, 0.15) is 28.3 Å². The van der Waals surface area contributed by atoms with Gasteiger partial charge in [0.2, 0.25) is 0 Å². The fourth-order valence-corrected chi connectivity index (χ4v) is 3.67. The summed E-state index contributed by atoms with van der Waals surface area (Å²) in [6.45, 7) is 3.53. The van der Waals surface area contributed by atoms with Crippen LogP contribution in [0, 0.1) is 6.92 Å². The molecule has 1 aromatic carbocycles. The van der Waals surface area contributed by atoms with Gasteiger partial charge in [-0.3, -0.25) is 4.79 Å². The molecule has 1 atom stereocenters. The standard InChI is InChI=1S/C20H22N2O5/c1-14-10-16(11-25-15-6-4-3-5-7-15)26-17(14)18(23)22-9-8-20(13-22)12-21(2)19(24)27-20/h3-7,10H,8-9,11-13H2,1-2H3/t20-/m0/s1. The predicted octanol–water partition coefficient (Wildman–Crippen LogP) is 2.83. The summed E-state index contributed by atoms with van der Waals surface area (Å²) in [4.78, 5) is 27.8. The zero-order chi connectivity index (χ0) is 19.0. The van der Waals surface area contributed by atoms with Gasteiger partial charge in [-0.2, -0.15) is 0 Å². The number of furan rings is 1. The number of hydrogen-bond acceptors (Lipinski definition) is 5. The Kier molecular flexibility index (Phi) is 4.30.